The van der Waals surface area contributed by atoms with Gasteiger partial charge in [-0.15, -0.1) is 6.58 Å². The van der Waals surface area contributed by atoms with Crippen molar-refractivity contribution >= 4 is 5.91 Å². The Kier molecular flexibility index (Phi) is 5.43. The number of benzene rings is 1. The third-order valence-corrected chi connectivity index (χ3v) is 2.98. The highest BCUT2D eigenvalue weighted by Crippen LogP contribution is 2.24. The number of carbonyl (C=O) groups excluding carboxylic acids is 1. The van der Waals surface area contributed by atoms with Crippen molar-refractivity contribution in [2.45, 2.75) is 20.3 Å². The maximum absolute atomic E-state index is 12.4. The summed E-state index contributed by atoms with van der Waals surface area (Å²) in [6.45, 7) is 9.12. The molecule has 3 nitrogen and oxygen atoms in total. The fraction of sp³-hybridized carbons (Fsp3) is 0.400. The summed E-state index contributed by atoms with van der Waals surface area (Å²) in [6, 6.07) is 5.57. The van der Waals surface area contributed by atoms with Crippen molar-refractivity contribution < 1.29 is 9.53 Å². The van der Waals surface area contributed by atoms with E-state index in [0.717, 1.165) is 11.3 Å². The molecule has 0 saturated heterocycles. The topological polar surface area (TPSA) is 29.5 Å². The monoisotopic (exact) mass is 247 g/mol. The van der Waals surface area contributed by atoms with Gasteiger partial charge in [0.05, 0.1) is 7.11 Å². The standard InChI is InChI=1S/C15H21NO2/c1-5-9-12-13(10-8-11-14(12)18-4)15(17)16(6-2)7-3/h5,8,10-11H,1,6-7,9H2,2-4H3. The molecule has 0 aromatic heterocycles. The number of methoxy groups -OCH3 is 1. The van der Waals surface area contributed by atoms with Crippen molar-refractivity contribution in [1.82, 2.24) is 4.90 Å². The zero-order chi connectivity index (χ0) is 13.5. The molecule has 98 valence electrons. The Morgan fingerprint density at radius 1 is 1.39 bits per heavy atom. The molecule has 1 aromatic carbocycles. The number of nitrogens with zero attached hydrogens (tertiary/aromatic N) is 1. The van der Waals surface area contributed by atoms with E-state index in [-0.39, 0.29) is 5.91 Å². The fourth-order valence-electron chi connectivity index (χ4n) is 1.99. The number of hydrogen-bond donors (Lipinski definition) is 0. The lowest BCUT2D eigenvalue weighted by Crippen LogP contribution is -2.31. The van der Waals surface area contributed by atoms with E-state index in [0.29, 0.717) is 25.1 Å². The van der Waals surface area contributed by atoms with Crippen LogP contribution in [0, 0.1) is 0 Å². The van der Waals surface area contributed by atoms with Gasteiger partial charge >= 0.3 is 0 Å². The molecule has 1 amide bonds. The van der Waals surface area contributed by atoms with Gasteiger partial charge in [-0.2, -0.15) is 0 Å². The van der Waals surface area contributed by atoms with Crippen LogP contribution in [0.15, 0.2) is 30.9 Å². The zero-order valence-electron chi connectivity index (χ0n) is 11.4. The van der Waals surface area contributed by atoms with Gasteiger partial charge in [0.1, 0.15) is 5.75 Å². The van der Waals surface area contributed by atoms with Crippen LogP contribution in [0.5, 0.6) is 5.75 Å². The number of hydrogen-bond acceptors (Lipinski definition) is 2. The van der Waals surface area contributed by atoms with Crippen LogP contribution >= 0.6 is 0 Å². The molecule has 0 aliphatic heterocycles. The first-order valence-electron chi connectivity index (χ1n) is 6.25. The summed E-state index contributed by atoms with van der Waals surface area (Å²) in [5, 5.41) is 0. The first-order chi connectivity index (χ1) is 8.69. The second-order valence-electron chi connectivity index (χ2n) is 3.96. The molecule has 0 aliphatic carbocycles. The second-order valence-corrected chi connectivity index (χ2v) is 3.96. The van der Waals surface area contributed by atoms with E-state index in [1.54, 1.807) is 18.1 Å². The molecule has 0 radical (unpaired) electrons. The number of allylic oxidation sites excluding steroid dienone is 1. The minimum atomic E-state index is 0.0516. The van der Waals surface area contributed by atoms with Gasteiger partial charge in [0.25, 0.3) is 5.91 Å². The molecular formula is C15H21NO2. The first kappa shape index (κ1) is 14.3. The lowest BCUT2D eigenvalue weighted by atomic mass is 10.0. The average Bonchev–Trinajstić information content (AvgIpc) is 2.40. The van der Waals surface area contributed by atoms with E-state index in [1.807, 2.05) is 32.0 Å². The molecule has 0 aliphatic rings. The summed E-state index contributed by atoms with van der Waals surface area (Å²) in [4.78, 5) is 14.2. The van der Waals surface area contributed by atoms with E-state index in [1.165, 1.54) is 0 Å². The third-order valence-electron chi connectivity index (χ3n) is 2.98. The molecule has 0 heterocycles. The average molecular weight is 247 g/mol. The maximum Gasteiger partial charge on any atom is 0.254 e. The highest BCUT2D eigenvalue weighted by molar-refractivity contribution is 5.96. The van der Waals surface area contributed by atoms with E-state index in [9.17, 15) is 4.79 Å². The number of carbonyl (C=O) groups is 1. The fourth-order valence-corrected chi connectivity index (χ4v) is 1.99. The van der Waals surface area contributed by atoms with Crippen molar-refractivity contribution in [1.29, 1.82) is 0 Å². The molecule has 0 N–H and O–H groups in total. The zero-order valence-corrected chi connectivity index (χ0v) is 11.4. The van der Waals surface area contributed by atoms with Crippen LogP contribution in [0.2, 0.25) is 0 Å². The van der Waals surface area contributed by atoms with Gasteiger partial charge in [-0.05, 0) is 32.4 Å². The van der Waals surface area contributed by atoms with Gasteiger partial charge in [0.2, 0.25) is 0 Å². The molecule has 0 atom stereocenters. The Balaban J connectivity index is 3.21. The van der Waals surface area contributed by atoms with Crippen molar-refractivity contribution in [3.8, 4) is 5.75 Å². The van der Waals surface area contributed by atoms with Gasteiger partial charge in [0.15, 0.2) is 0 Å². The summed E-state index contributed by atoms with van der Waals surface area (Å²) in [6.07, 6.45) is 2.42. The summed E-state index contributed by atoms with van der Waals surface area (Å²) < 4.78 is 5.32. The Bertz CT molecular complexity index is 423. The molecule has 1 aromatic rings. The van der Waals surface area contributed by atoms with E-state index < -0.39 is 0 Å². The molecule has 0 bridgehead atoms. The first-order valence-corrected chi connectivity index (χ1v) is 6.25. The van der Waals surface area contributed by atoms with Crippen LogP contribution in [0.3, 0.4) is 0 Å². The smallest absolute Gasteiger partial charge is 0.254 e. The molecule has 0 saturated carbocycles. The van der Waals surface area contributed by atoms with Gasteiger partial charge in [-0.3, -0.25) is 4.79 Å². The lowest BCUT2D eigenvalue weighted by Gasteiger charge is -2.21. The van der Waals surface area contributed by atoms with Crippen LogP contribution in [0.25, 0.3) is 0 Å². The molecule has 0 spiro atoms. The third kappa shape index (κ3) is 2.92. The quantitative estimate of drug-likeness (QED) is 0.723. The Hall–Kier alpha value is -1.77. The number of amides is 1. The van der Waals surface area contributed by atoms with E-state index in [2.05, 4.69) is 6.58 Å². The summed E-state index contributed by atoms with van der Waals surface area (Å²) in [5.74, 6) is 0.795. The van der Waals surface area contributed by atoms with Crippen LogP contribution < -0.4 is 4.74 Å². The number of ether oxygens (including phenoxy) is 1. The number of rotatable bonds is 6. The SMILES string of the molecule is C=CCc1c(OC)cccc1C(=O)N(CC)CC. The Labute approximate surface area is 109 Å². The maximum atomic E-state index is 12.4. The highest BCUT2D eigenvalue weighted by atomic mass is 16.5. The van der Waals surface area contributed by atoms with E-state index in [4.69, 9.17) is 4.74 Å². The van der Waals surface area contributed by atoms with Crippen LogP contribution in [0.1, 0.15) is 29.8 Å². The predicted molar refractivity (Wildman–Crippen MR) is 74.1 cm³/mol. The van der Waals surface area contributed by atoms with Crippen molar-refractivity contribution in [3.05, 3.63) is 42.0 Å². The van der Waals surface area contributed by atoms with Crippen LogP contribution in [0.4, 0.5) is 0 Å². The van der Waals surface area contributed by atoms with Crippen molar-refractivity contribution in [2.75, 3.05) is 20.2 Å². The van der Waals surface area contributed by atoms with Crippen molar-refractivity contribution in [2.24, 2.45) is 0 Å². The van der Waals surface area contributed by atoms with Gasteiger partial charge < -0.3 is 9.64 Å². The normalized spacial score (nSPS) is 9.94. The van der Waals surface area contributed by atoms with Crippen LogP contribution in [-0.2, 0) is 6.42 Å². The molecule has 18 heavy (non-hydrogen) atoms. The largest absolute Gasteiger partial charge is 0.496 e. The minimum absolute atomic E-state index is 0.0516. The second kappa shape index (κ2) is 6.84. The summed E-state index contributed by atoms with van der Waals surface area (Å²) in [7, 11) is 1.62. The molecule has 0 unspecified atom stereocenters. The van der Waals surface area contributed by atoms with E-state index >= 15 is 0 Å². The lowest BCUT2D eigenvalue weighted by molar-refractivity contribution is 0.0771. The van der Waals surface area contributed by atoms with Gasteiger partial charge in [-0.25, -0.2) is 0 Å². The summed E-state index contributed by atoms with van der Waals surface area (Å²) >= 11 is 0. The Morgan fingerprint density at radius 3 is 2.56 bits per heavy atom. The molecule has 1 rings (SSSR count). The predicted octanol–water partition coefficient (Wildman–Crippen LogP) is 2.91. The molecular weight excluding hydrogens is 226 g/mol. The van der Waals surface area contributed by atoms with Gasteiger partial charge in [-0.1, -0.05) is 12.1 Å². The van der Waals surface area contributed by atoms with Crippen molar-refractivity contribution in [3.63, 3.8) is 0 Å². The highest BCUT2D eigenvalue weighted by Gasteiger charge is 2.18. The molecule has 0 fully saturated rings. The minimum Gasteiger partial charge on any atom is -0.496 e. The van der Waals surface area contributed by atoms with Crippen LogP contribution in [-0.4, -0.2) is 31.0 Å². The summed E-state index contributed by atoms with van der Waals surface area (Å²) in [5.41, 5.74) is 1.62. The Morgan fingerprint density at radius 2 is 2.06 bits per heavy atom. The van der Waals surface area contributed by atoms with Gasteiger partial charge in [0, 0.05) is 24.2 Å². The molecule has 3 heteroatoms.